The molecule has 34 heavy (non-hydrogen) atoms. The first-order chi connectivity index (χ1) is 16.2. The number of hydrogen-bond acceptors (Lipinski definition) is 7. The highest BCUT2D eigenvalue weighted by Gasteiger charge is 2.32. The molecule has 0 aliphatic carbocycles. The van der Waals surface area contributed by atoms with E-state index in [1.165, 1.54) is 6.20 Å². The third kappa shape index (κ3) is 4.43. The summed E-state index contributed by atoms with van der Waals surface area (Å²) in [6.07, 6.45) is -1.76. The molecule has 1 aromatic carbocycles. The smallest absolute Gasteiger partial charge is 0.417 e. The summed E-state index contributed by atoms with van der Waals surface area (Å²) in [7, 11) is 0. The molecule has 8 nitrogen and oxygen atoms in total. The van der Waals surface area contributed by atoms with Gasteiger partial charge in [0, 0.05) is 37.0 Å². The van der Waals surface area contributed by atoms with Crippen molar-refractivity contribution >= 4 is 28.8 Å². The number of benzene rings is 1. The molecule has 1 fully saturated rings. The Kier molecular flexibility index (Phi) is 5.88. The highest BCUT2D eigenvalue weighted by molar-refractivity contribution is 6.33. The number of pyridine rings is 1. The Morgan fingerprint density at radius 2 is 2.00 bits per heavy atom. The number of rotatable bonds is 5. The van der Waals surface area contributed by atoms with Gasteiger partial charge in [0.25, 0.3) is 5.89 Å². The Labute approximate surface area is 200 Å². The Bertz CT molecular complexity index is 1360. The number of imidazole rings is 1. The van der Waals surface area contributed by atoms with Crippen LogP contribution in [0.25, 0.3) is 28.6 Å². The first kappa shape index (κ1) is 22.9. The predicted molar refractivity (Wildman–Crippen MR) is 117 cm³/mol. The van der Waals surface area contributed by atoms with Crippen LogP contribution >= 0.6 is 23.2 Å². The summed E-state index contributed by atoms with van der Waals surface area (Å²) < 4.78 is 51.5. The van der Waals surface area contributed by atoms with E-state index in [1.54, 1.807) is 18.2 Å². The third-order valence-corrected chi connectivity index (χ3v) is 5.96. The maximum absolute atomic E-state index is 13.1. The predicted octanol–water partition coefficient (Wildman–Crippen LogP) is 4.48. The number of fused-ring (bicyclic) bond motifs is 1. The van der Waals surface area contributed by atoms with Gasteiger partial charge in [-0.3, -0.25) is 0 Å². The molecule has 1 aliphatic heterocycles. The molecule has 0 unspecified atom stereocenters. The highest BCUT2D eigenvalue weighted by atomic mass is 35.5. The molecular weight excluding hydrogens is 498 g/mol. The number of nitrogens with one attached hydrogen (secondary N) is 1. The van der Waals surface area contributed by atoms with Crippen molar-refractivity contribution in [2.75, 3.05) is 13.2 Å². The van der Waals surface area contributed by atoms with E-state index in [4.69, 9.17) is 32.5 Å². The van der Waals surface area contributed by atoms with Crippen LogP contribution < -0.4 is 10.1 Å². The molecule has 1 saturated heterocycles. The van der Waals surface area contributed by atoms with E-state index in [1.807, 2.05) is 0 Å². The third-order valence-electron chi connectivity index (χ3n) is 5.36. The maximum atomic E-state index is 13.1. The van der Waals surface area contributed by atoms with Crippen LogP contribution in [-0.2, 0) is 6.18 Å². The van der Waals surface area contributed by atoms with Gasteiger partial charge >= 0.3 is 6.18 Å². The molecule has 4 aromatic rings. The second kappa shape index (κ2) is 8.73. The lowest BCUT2D eigenvalue weighted by atomic mass is 10.2. The summed E-state index contributed by atoms with van der Waals surface area (Å²) in [5.41, 5.74) is -0.158. The van der Waals surface area contributed by atoms with E-state index in [0.29, 0.717) is 29.3 Å². The van der Waals surface area contributed by atoms with Crippen molar-refractivity contribution in [2.24, 2.45) is 0 Å². The van der Waals surface area contributed by atoms with Crippen LogP contribution in [0.3, 0.4) is 0 Å². The summed E-state index contributed by atoms with van der Waals surface area (Å²) in [6.45, 7) is 0.661. The number of halogens is 5. The Morgan fingerprint density at radius 1 is 1.18 bits per heavy atom. The molecule has 5 rings (SSSR count). The van der Waals surface area contributed by atoms with Crippen molar-refractivity contribution < 1.29 is 27.5 Å². The quantitative estimate of drug-likeness (QED) is 0.406. The van der Waals surface area contributed by atoms with Crippen molar-refractivity contribution in [1.82, 2.24) is 24.8 Å². The van der Waals surface area contributed by atoms with Crippen molar-refractivity contribution in [1.29, 1.82) is 0 Å². The molecule has 0 saturated carbocycles. The molecule has 0 radical (unpaired) electrons. The minimum absolute atomic E-state index is 0.00652. The van der Waals surface area contributed by atoms with Crippen molar-refractivity contribution in [3.63, 3.8) is 0 Å². The van der Waals surface area contributed by atoms with Crippen LogP contribution in [0.2, 0.25) is 10.0 Å². The summed E-state index contributed by atoms with van der Waals surface area (Å²) in [6, 6.07) is 5.83. The molecule has 3 aromatic heterocycles. The van der Waals surface area contributed by atoms with Crippen LogP contribution in [-0.4, -0.2) is 49.9 Å². The van der Waals surface area contributed by atoms with Crippen LogP contribution in [0, 0.1) is 0 Å². The van der Waals surface area contributed by atoms with Crippen molar-refractivity contribution in [2.45, 2.75) is 24.7 Å². The first-order valence-electron chi connectivity index (χ1n) is 10.1. The highest BCUT2D eigenvalue weighted by Crippen LogP contribution is 2.34. The summed E-state index contributed by atoms with van der Waals surface area (Å²) in [4.78, 5) is 8.49. The normalized spacial score (nSPS) is 18.6. The van der Waals surface area contributed by atoms with E-state index in [2.05, 4.69) is 20.4 Å². The Balaban J connectivity index is 1.38. The number of ether oxygens (including phenoxy) is 1. The monoisotopic (exact) mass is 513 g/mol. The van der Waals surface area contributed by atoms with Gasteiger partial charge in [-0.25, -0.2) is 4.98 Å². The molecule has 4 heterocycles. The van der Waals surface area contributed by atoms with Gasteiger partial charge in [0.1, 0.15) is 17.5 Å². The Hall–Kier alpha value is -2.86. The minimum atomic E-state index is -4.55. The van der Waals surface area contributed by atoms with Crippen molar-refractivity contribution in [3.05, 3.63) is 52.3 Å². The van der Waals surface area contributed by atoms with Gasteiger partial charge in [0.05, 0.1) is 22.2 Å². The summed E-state index contributed by atoms with van der Waals surface area (Å²) in [5.74, 6) is 0.721. The lowest BCUT2D eigenvalue weighted by molar-refractivity contribution is -0.137. The van der Waals surface area contributed by atoms with E-state index >= 15 is 0 Å². The summed E-state index contributed by atoms with van der Waals surface area (Å²) in [5, 5.41) is 16.5. The van der Waals surface area contributed by atoms with E-state index in [0.717, 1.165) is 16.7 Å². The molecule has 0 amide bonds. The summed E-state index contributed by atoms with van der Waals surface area (Å²) >= 11 is 12.4. The van der Waals surface area contributed by atoms with Gasteiger partial charge in [-0.1, -0.05) is 28.4 Å². The molecule has 2 atom stereocenters. The van der Waals surface area contributed by atoms with Crippen LogP contribution in [0.4, 0.5) is 13.2 Å². The molecule has 178 valence electrons. The lowest BCUT2D eigenvalue weighted by Crippen LogP contribution is -2.25. The van der Waals surface area contributed by atoms with Gasteiger partial charge in [-0.15, -0.1) is 0 Å². The fraction of sp³-hybridized carbons (Fsp3) is 0.286. The fourth-order valence-electron chi connectivity index (χ4n) is 3.71. The molecule has 13 heteroatoms. The zero-order chi connectivity index (χ0) is 24.0. The number of alkyl halides is 3. The zero-order valence-corrected chi connectivity index (χ0v) is 18.7. The van der Waals surface area contributed by atoms with Crippen LogP contribution in [0.1, 0.15) is 12.0 Å². The van der Waals surface area contributed by atoms with E-state index < -0.39 is 11.7 Å². The van der Waals surface area contributed by atoms with Gasteiger partial charge < -0.3 is 24.1 Å². The fourth-order valence-corrected chi connectivity index (χ4v) is 4.22. The SMILES string of the molecule is OC[C@H]1C[C@H](Oc2ccc(-c3noc(-c4cn5cc(C(F)(F)F)cc(Cl)c5n4)n3)c(Cl)c2)CN1. The molecule has 2 N–H and O–H groups in total. The zero-order valence-electron chi connectivity index (χ0n) is 17.2. The second-order valence-corrected chi connectivity index (χ2v) is 8.57. The van der Waals surface area contributed by atoms with Crippen LogP contribution in [0.15, 0.2) is 41.2 Å². The van der Waals surface area contributed by atoms with E-state index in [9.17, 15) is 18.3 Å². The number of hydrogen-bond donors (Lipinski definition) is 2. The molecule has 0 spiro atoms. The van der Waals surface area contributed by atoms with Gasteiger partial charge in [0.15, 0.2) is 5.65 Å². The second-order valence-electron chi connectivity index (χ2n) is 7.76. The number of aromatic nitrogens is 4. The average molecular weight is 514 g/mol. The topological polar surface area (TPSA) is 97.7 Å². The van der Waals surface area contributed by atoms with Gasteiger partial charge in [0.2, 0.25) is 5.82 Å². The standard InChI is InChI=1S/C21H16Cl2F3N5O3/c22-15-5-12(33-13-4-11(9-32)27-6-13)1-2-14(15)18-29-20(34-30-18)17-8-31-7-10(21(24,25)26)3-16(23)19(31)28-17/h1-3,5,7-8,11,13,27,32H,4,6,9H2/t11-,13+/m1/s1. The number of aliphatic hydroxyl groups excluding tert-OH is 1. The Morgan fingerprint density at radius 3 is 2.71 bits per heavy atom. The average Bonchev–Trinajstić information content (AvgIpc) is 3.52. The number of nitrogens with zero attached hydrogens (tertiary/aromatic N) is 4. The van der Waals surface area contributed by atoms with Gasteiger partial charge in [-0.05, 0) is 24.3 Å². The maximum Gasteiger partial charge on any atom is 0.417 e. The number of aliphatic hydroxyl groups is 1. The lowest BCUT2D eigenvalue weighted by Gasteiger charge is -2.13. The van der Waals surface area contributed by atoms with Gasteiger partial charge in [-0.2, -0.15) is 18.2 Å². The molecule has 0 bridgehead atoms. The van der Waals surface area contributed by atoms with Crippen molar-refractivity contribution in [3.8, 4) is 28.7 Å². The minimum Gasteiger partial charge on any atom is -0.489 e. The largest absolute Gasteiger partial charge is 0.489 e. The van der Waals surface area contributed by atoms with Crippen LogP contribution in [0.5, 0.6) is 5.75 Å². The van der Waals surface area contributed by atoms with E-state index in [-0.39, 0.29) is 46.8 Å². The first-order valence-corrected chi connectivity index (χ1v) is 10.9. The molecule has 1 aliphatic rings. The molecular formula is C21H16Cl2F3N5O3.